The predicted octanol–water partition coefficient (Wildman–Crippen LogP) is -2.29. The van der Waals surface area contributed by atoms with Crippen molar-refractivity contribution in [3.05, 3.63) is 0 Å². The SMILES string of the molecule is CCC(C)C(NC(=O)C(CC(=O)O)NC(=O)C(CCC(=O)O)NC(=O)C(N)CC(=O)O)C(=O)O. The first-order valence-electron chi connectivity index (χ1n) is 10.2. The van der Waals surface area contributed by atoms with E-state index in [2.05, 4.69) is 16.0 Å². The summed E-state index contributed by atoms with van der Waals surface area (Å²) in [6.07, 6.45) is -2.46. The largest absolute Gasteiger partial charge is 0.481 e. The molecule has 9 N–H and O–H groups in total. The molecule has 0 aromatic heterocycles. The Morgan fingerprint density at radius 1 is 0.735 bits per heavy atom. The van der Waals surface area contributed by atoms with Crippen molar-refractivity contribution in [3.63, 3.8) is 0 Å². The van der Waals surface area contributed by atoms with Crippen LogP contribution in [0.15, 0.2) is 0 Å². The van der Waals surface area contributed by atoms with Crippen LogP contribution in [0.25, 0.3) is 0 Å². The van der Waals surface area contributed by atoms with Gasteiger partial charge in [-0.2, -0.15) is 0 Å². The Morgan fingerprint density at radius 2 is 1.24 bits per heavy atom. The van der Waals surface area contributed by atoms with Crippen LogP contribution in [0.3, 0.4) is 0 Å². The van der Waals surface area contributed by atoms with E-state index >= 15 is 0 Å². The molecule has 192 valence electrons. The van der Waals surface area contributed by atoms with Crippen LogP contribution < -0.4 is 21.7 Å². The zero-order chi connectivity index (χ0) is 26.6. The summed E-state index contributed by atoms with van der Waals surface area (Å²) >= 11 is 0. The molecule has 0 aliphatic carbocycles. The fraction of sp³-hybridized carbons (Fsp3) is 0.632. The Balaban J connectivity index is 5.64. The van der Waals surface area contributed by atoms with Crippen LogP contribution >= 0.6 is 0 Å². The number of nitrogens with two attached hydrogens (primary N) is 1. The summed E-state index contributed by atoms with van der Waals surface area (Å²) in [6.45, 7) is 3.22. The van der Waals surface area contributed by atoms with E-state index in [1.54, 1.807) is 13.8 Å². The van der Waals surface area contributed by atoms with E-state index in [9.17, 15) is 38.7 Å². The van der Waals surface area contributed by atoms with Crippen LogP contribution in [-0.4, -0.2) is 86.2 Å². The molecule has 0 heterocycles. The van der Waals surface area contributed by atoms with E-state index < -0.39 is 97.4 Å². The highest BCUT2D eigenvalue weighted by Crippen LogP contribution is 2.09. The monoisotopic (exact) mass is 490 g/mol. The lowest BCUT2D eigenvalue weighted by atomic mass is 9.98. The molecule has 0 aliphatic rings. The highest BCUT2D eigenvalue weighted by atomic mass is 16.4. The second kappa shape index (κ2) is 14.4. The van der Waals surface area contributed by atoms with Gasteiger partial charge >= 0.3 is 23.9 Å². The molecule has 0 saturated heterocycles. The predicted molar refractivity (Wildman–Crippen MR) is 112 cm³/mol. The molecule has 3 amide bonds. The third kappa shape index (κ3) is 11.2. The van der Waals surface area contributed by atoms with Crippen LogP contribution in [0.2, 0.25) is 0 Å². The van der Waals surface area contributed by atoms with E-state index in [1.807, 2.05) is 0 Å². The highest BCUT2D eigenvalue weighted by molar-refractivity contribution is 5.96. The van der Waals surface area contributed by atoms with Crippen LogP contribution in [-0.2, 0) is 33.6 Å². The number of nitrogens with one attached hydrogen (secondary N) is 3. The first-order chi connectivity index (χ1) is 15.7. The topological polar surface area (TPSA) is 263 Å². The van der Waals surface area contributed by atoms with Crippen LogP contribution in [0, 0.1) is 5.92 Å². The standard InChI is InChI=1S/C19H30N4O11/c1-3-8(2)15(19(33)34)23-18(32)11(7-14(28)29)22-17(31)10(4-5-12(24)25)21-16(30)9(20)6-13(26)27/h8-11,15H,3-7,20H2,1-2H3,(H,21,30)(H,22,31)(H,23,32)(H,24,25)(H,26,27)(H,28,29)(H,33,34). The quantitative estimate of drug-likeness (QED) is 0.114. The van der Waals surface area contributed by atoms with E-state index in [-0.39, 0.29) is 0 Å². The number of carbonyl (C=O) groups is 7. The Morgan fingerprint density at radius 3 is 1.68 bits per heavy atom. The lowest BCUT2D eigenvalue weighted by Crippen LogP contribution is -2.58. The number of aliphatic carboxylic acids is 4. The number of carboxylic acids is 4. The van der Waals surface area contributed by atoms with Crippen molar-refractivity contribution < 1.29 is 54.0 Å². The Labute approximate surface area is 194 Å². The molecular weight excluding hydrogens is 460 g/mol. The molecule has 34 heavy (non-hydrogen) atoms. The van der Waals surface area contributed by atoms with Gasteiger partial charge in [-0.1, -0.05) is 20.3 Å². The minimum atomic E-state index is -1.76. The molecular formula is C19H30N4O11. The number of hydrogen-bond donors (Lipinski definition) is 8. The number of carboxylic acid groups (broad SMARTS) is 4. The van der Waals surface area contributed by atoms with Crippen LogP contribution in [0.5, 0.6) is 0 Å². The van der Waals surface area contributed by atoms with Gasteiger partial charge in [-0.05, 0) is 12.3 Å². The molecule has 0 fully saturated rings. The summed E-state index contributed by atoms with van der Waals surface area (Å²) in [5.41, 5.74) is 5.42. The van der Waals surface area contributed by atoms with Gasteiger partial charge in [-0.15, -0.1) is 0 Å². The number of amides is 3. The van der Waals surface area contributed by atoms with Crippen molar-refractivity contribution in [2.45, 2.75) is 70.1 Å². The van der Waals surface area contributed by atoms with Crippen molar-refractivity contribution in [2.24, 2.45) is 11.7 Å². The molecule has 0 radical (unpaired) electrons. The smallest absolute Gasteiger partial charge is 0.326 e. The van der Waals surface area contributed by atoms with Crippen molar-refractivity contribution in [2.75, 3.05) is 0 Å². The number of rotatable bonds is 16. The molecule has 15 heteroatoms. The fourth-order valence-electron chi connectivity index (χ4n) is 2.69. The Kier molecular flexibility index (Phi) is 12.8. The van der Waals surface area contributed by atoms with E-state index in [1.165, 1.54) is 0 Å². The van der Waals surface area contributed by atoms with Gasteiger partial charge in [0.15, 0.2) is 0 Å². The van der Waals surface area contributed by atoms with Gasteiger partial charge in [0.05, 0.1) is 18.9 Å². The lowest BCUT2D eigenvalue weighted by Gasteiger charge is -2.25. The van der Waals surface area contributed by atoms with E-state index in [0.29, 0.717) is 6.42 Å². The lowest BCUT2D eigenvalue weighted by molar-refractivity contribution is -0.144. The fourth-order valence-corrected chi connectivity index (χ4v) is 2.69. The molecule has 0 aromatic rings. The molecule has 15 nitrogen and oxygen atoms in total. The summed E-state index contributed by atoms with van der Waals surface area (Å²) < 4.78 is 0. The average molecular weight is 490 g/mol. The molecule has 0 spiro atoms. The maximum atomic E-state index is 12.7. The molecule has 5 unspecified atom stereocenters. The Hall–Kier alpha value is -3.75. The maximum Gasteiger partial charge on any atom is 0.326 e. The van der Waals surface area contributed by atoms with Crippen LogP contribution in [0.1, 0.15) is 46.0 Å². The van der Waals surface area contributed by atoms with Gasteiger partial charge in [-0.25, -0.2) is 4.79 Å². The van der Waals surface area contributed by atoms with Gasteiger partial charge in [-0.3, -0.25) is 28.8 Å². The maximum absolute atomic E-state index is 12.7. The summed E-state index contributed by atoms with van der Waals surface area (Å²) in [7, 11) is 0. The van der Waals surface area contributed by atoms with Crippen molar-refractivity contribution in [1.82, 2.24) is 16.0 Å². The molecule has 0 bridgehead atoms. The summed E-state index contributed by atoms with van der Waals surface area (Å²) in [5, 5.41) is 42.3. The Bertz CT molecular complexity index is 801. The average Bonchev–Trinajstić information content (AvgIpc) is 2.72. The second-order valence-electron chi connectivity index (χ2n) is 7.57. The minimum Gasteiger partial charge on any atom is -0.481 e. The van der Waals surface area contributed by atoms with Gasteiger partial charge in [0.1, 0.15) is 18.1 Å². The highest BCUT2D eigenvalue weighted by Gasteiger charge is 2.33. The van der Waals surface area contributed by atoms with Gasteiger partial charge in [0.25, 0.3) is 0 Å². The third-order valence-corrected chi connectivity index (χ3v) is 4.80. The van der Waals surface area contributed by atoms with E-state index in [4.69, 9.17) is 21.1 Å². The van der Waals surface area contributed by atoms with Crippen LogP contribution in [0.4, 0.5) is 0 Å². The first-order valence-corrected chi connectivity index (χ1v) is 10.2. The summed E-state index contributed by atoms with van der Waals surface area (Å²) in [6, 6.07) is -6.30. The minimum absolute atomic E-state index is 0.368. The number of carbonyl (C=O) groups excluding carboxylic acids is 3. The zero-order valence-corrected chi connectivity index (χ0v) is 18.6. The summed E-state index contributed by atoms with van der Waals surface area (Å²) in [5.74, 6) is -9.49. The van der Waals surface area contributed by atoms with Crippen molar-refractivity contribution in [3.8, 4) is 0 Å². The normalized spacial score (nSPS) is 15.0. The van der Waals surface area contributed by atoms with Crippen molar-refractivity contribution >= 4 is 41.6 Å². The first kappa shape index (κ1) is 30.2. The molecule has 0 aromatic carbocycles. The molecule has 0 rings (SSSR count). The van der Waals surface area contributed by atoms with E-state index in [0.717, 1.165) is 0 Å². The van der Waals surface area contributed by atoms with Gasteiger partial charge in [0, 0.05) is 6.42 Å². The van der Waals surface area contributed by atoms with Crippen molar-refractivity contribution in [1.29, 1.82) is 0 Å². The molecule has 0 saturated carbocycles. The molecule has 0 aliphatic heterocycles. The van der Waals surface area contributed by atoms with Gasteiger partial charge in [0.2, 0.25) is 17.7 Å². The number of hydrogen-bond acceptors (Lipinski definition) is 8. The summed E-state index contributed by atoms with van der Waals surface area (Å²) in [4.78, 5) is 81.6. The zero-order valence-electron chi connectivity index (χ0n) is 18.6. The molecule has 5 atom stereocenters. The van der Waals surface area contributed by atoms with Gasteiger partial charge < -0.3 is 42.1 Å². The third-order valence-electron chi connectivity index (χ3n) is 4.80. The second-order valence-corrected chi connectivity index (χ2v) is 7.57.